The number of hydrogen-bond donors (Lipinski definition) is 1. The Morgan fingerprint density at radius 1 is 1.33 bits per heavy atom. The van der Waals surface area contributed by atoms with Crippen molar-refractivity contribution < 1.29 is 0 Å². The summed E-state index contributed by atoms with van der Waals surface area (Å²) in [4.78, 5) is 4.35. The molecule has 80 valence electrons. The maximum absolute atomic E-state index is 5.98. The number of pyridine rings is 1. The number of rotatable bonds is 2. The van der Waals surface area contributed by atoms with E-state index in [9.17, 15) is 0 Å². The topological polar surface area (TPSA) is 38.9 Å². The van der Waals surface area contributed by atoms with Crippen LogP contribution >= 0.6 is 0 Å². The summed E-state index contributed by atoms with van der Waals surface area (Å²) in [5, 5.41) is 0. The maximum atomic E-state index is 5.98. The van der Waals surface area contributed by atoms with E-state index in [1.54, 1.807) is 0 Å². The van der Waals surface area contributed by atoms with E-state index in [4.69, 9.17) is 5.73 Å². The Morgan fingerprint density at radius 2 is 2.27 bits per heavy atom. The third-order valence-electron chi connectivity index (χ3n) is 2.87. The van der Waals surface area contributed by atoms with Gasteiger partial charge < -0.3 is 5.73 Å². The molecule has 1 heterocycles. The summed E-state index contributed by atoms with van der Waals surface area (Å²) >= 11 is 0. The summed E-state index contributed by atoms with van der Waals surface area (Å²) < 4.78 is 0. The van der Waals surface area contributed by atoms with Gasteiger partial charge in [0.25, 0.3) is 0 Å². The predicted molar refractivity (Wildman–Crippen MR) is 62.5 cm³/mol. The van der Waals surface area contributed by atoms with Gasteiger partial charge in [0.2, 0.25) is 0 Å². The first-order chi connectivity index (χ1) is 7.34. The average Bonchev–Trinajstić information content (AvgIpc) is 2.44. The molecule has 15 heavy (non-hydrogen) atoms. The molecule has 0 radical (unpaired) electrons. The van der Waals surface area contributed by atoms with Gasteiger partial charge in [-0.1, -0.05) is 24.1 Å². The highest BCUT2D eigenvalue weighted by Crippen LogP contribution is 2.19. The molecule has 1 aliphatic rings. The summed E-state index contributed by atoms with van der Waals surface area (Å²) in [6, 6.07) is 6.33. The zero-order valence-electron chi connectivity index (χ0n) is 9.02. The van der Waals surface area contributed by atoms with Crippen molar-refractivity contribution in [2.45, 2.75) is 38.1 Å². The Hall–Kier alpha value is -1.15. The van der Waals surface area contributed by atoms with E-state index >= 15 is 0 Å². The molecular weight excluding hydrogens is 184 g/mol. The summed E-state index contributed by atoms with van der Waals surface area (Å²) in [7, 11) is 0. The Morgan fingerprint density at radius 3 is 3.07 bits per heavy atom. The molecule has 0 saturated heterocycles. The summed E-state index contributed by atoms with van der Waals surface area (Å²) in [6.45, 7) is 0. The highest BCUT2D eigenvalue weighted by Gasteiger charge is 2.08. The van der Waals surface area contributed by atoms with Crippen molar-refractivity contribution >= 4 is 0 Å². The lowest BCUT2D eigenvalue weighted by Gasteiger charge is -2.06. The molecule has 1 atom stereocenters. The first-order valence-corrected chi connectivity index (χ1v) is 5.69. The van der Waals surface area contributed by atoms with Crippen LogP contribution in [0, 0.1) is 0 Å². The summed E-state index contributed by atoms with van der Waals surface area (Å²) in [5.41, 5.74) is 8.59. The van der Waals surface area contributed by atoms with Crippen molar-refractivity contribution in [1.29, 1.82) is 0 Å². The molecule has 2 N–H and O–H groups in total. The van der Waals surface area contributed by atoms with Crippen LogP contribution in [0.3, 0.4) is 0 Å². The molecule has 1 aliphatic carbocycles. The second kappa shape index (κ2) is 5.08. The van der Waals surface area contributed by atoms with Gasteiger partial charge in [-0.15, -0.1) is 0 Å². The standard InChI is InChI=1S/C13H18N2/c14-12-6-2-1-5-11(9-12)10-13-7-3-4-8-15-13/h3-4,7-9,12H,1-2,5-6,10,14H2. The van der Waals surface area contributed by atoms with Crippen molar-refractivity contribution in [3.63, 3.8) is 0 Å². The Balaban J connectivity index is 2.04. The van der Waals surface area contributed by atoms with Gasteiger partial charge in [-0.2, -0.15) is 0 Å². The van der Waals surface area contributed by atoms with Gasteiger partial charge in [0.05, 0.1) is 0 Å². The van der Waals surface area contributed by atoms with Crippen LogP contribution in [0.1, 0.15) is 31.4 Å². The van der Waals surface area contributed by atoms with Crippen LogP contribution in [0.2, 0.25) is 0 Å². The molecule has 1 aromatic heterocycles. The van der Waals surface area contributed by atoms with E-state index in [1.165, 1.54) is 24.8 Å². The lowest BCUT2D eigenvalue weighted by atomic mass is 10.0. The fraction of sp³-hybridized carbons (Fsp3) is 0.462. The van der Waals surface area contributed by atoms with Crippen LogP contribution in [0.15, 0.2) is 36.0 Å². The molecule has 0 amide bonds. The van der Waals surface area contributed by atoms with Crippen molar-refractivity contribution in [2.75, 3.05) is 0 Å². The minimum Gasteiger partial charge on any atom is -0.324 e. The highest BCUT2D eigenvalue weighted by atomic mass is 14.7. The van der Waals surface area contributed by atoms with E-state index in [0.717, 1.165) is 18.5 Å². The van der Waals surface area contributed by atoms with Crippen LogP contribution in [-0.4, -0.2) is 11.0 Å². The van der Waals surface area contributed by atoms with Gasteiger partial charge in [-0.05, 0) is 31.4 Å². The first-order valence-electron chi connectivity index (χ1n) is 5.69. The predicted octanol–water partition coefficient (Wildman–Crippen LogP) is 2.45. The van der Waals surface area contributed by atoms with Crippen molar-refractivity contribution in [2.24, 2.45) is 5.73 Å². The number of nitrogens with two attached hydrogens (primary N) is 1. The number of hydrogen-bond acceptors (Lipinski definition) is 2. The third-order valence-corrected chi connectivity index (χ3v) is 2.87. The Bertz CT molecular complexity index is 330. The van der Waals surface area contributed by atoms with E-state index in [0.29, 0.717) is 0 Å². The number of nitrogens with zero attached hydrogens (tertiary/aromatic N) is 1. The molecule has 1 unspecified atom stereocenters. The van der Waals surface area contributed by atoms with Crippen molar-refractivity contribution in [3.8, 4) is 0 Å². The van der Waals surface area contributed by atoms with Gasteiger partial charge in [-0.3, -0.25) is 4.98 Å². The van der Waals surface area contributed by atoms with E-state index in [1.807, 2.05) is 18.3 Å². The van der Waals surface area contributed by atoms with Crippen LogP contribution < -0.4 is 5.73 Å². The van der Waals surface area contributed by atoms with Gasteiger partial charge in [0.1, 0.15) is 0 Å². The monoisotopic (exact) mass is 202 g/mol. The second-order valence-corrected chi connectivity index (χ2v) is 4.23. The highest BCUT2D eigenvalue weighted by molar-refractivity contribution is 5.17. The molecule has 2 nitrogen and oxygen atoms in total. The minimum absolute atomic E-state index is 0.256. The quantitative estimate of drug-likeness (QED) is 0.748. The molecule has 0 fully saturated rings. The molecule has 0 spiro atoms. The fourth-order valence-corrected chi connectivity index (χ4v) is 2.08. The third kappa shape index (κ3) is 3.17. The molecule has 0 aliphatic heterocycles. The number of allylic oxidation sites excluding steroid dienone is 1. The molecule has 0 aromatic carbocycles. The van der Waals surface area contributed by atoms with Gasteiger partial charge in [0, 0.05) is 24.4 Å². The summed E-state index contributed by atoms with van der Waals surface area (Å²) in [6.07, 6.45) is 9.90. The average molecular weight is 202 g/mol. The minimum atomic E-state index is 0.256. The molecule has 0 saturated carbocycles. The van der Waals surface area contributed by atoms with Crippen molar-refractivity contribution in [1.82, 2.24) is 4.98 Å². The fourth-order valence-electron chi connectivity index (χ4n) is 2.08. The van der Waals surface area contributed by atoms with Crippen LogP contribution in [0.5, 0.6) is 0 Å². The molecular formula is C13H18N2. The van der Waals surface area contributed by atoms with Gasteiger partial charge in [-0.25, -0.2) is 0 Å². The zero-order valence-corrected chi connectivity index (χ0v) is 9.02. The zero-order chi connectivity index (χ0) is 10.5. The lowest BCUT2D eigenvalue weighted by molar-refractivity contribution is 0.654. The smallest absolute Gasteiger partial charge is 0.0444 e. The van der Waals surface area contributed by atoms with Crippen LogP contribution in [-0.2, 0) is 6.42 Å². The van der Waals surface area contributed by atoms with E-state index in [-0.39, 0.29) is 6.04 Å². The Kier molecular flexibility index (Phi) is 3.51. The molecule has 2 rings (SSSR count). The van der Waals surface area contributed by atoms with Crippen LogP contribution in [0.25, 0.3) is 0 Å². The van der Waals surface area contributed by atoms with Gasteiger partial charge >= 0.3 is 0 Å². The SMILES string of the molecule is NC1C=C(Cc2ccccn2)CCCC1. The molecule has 2 heteroatoms. The first kappa shape index (κ1) is 10.4. The Labute approximate surface area is 91.2 Å². The summed E-state index contributed by atoms with van der Waals surface area (Å²) in [5.74, 6) is 0. The molecule has 1 aromatic rings. The van der Waals surface area contributed by atoms with E-state index in [2.05, 4.69) is 17.1 Å². The van der Waals surface area contributed by atoms with Gasteiger partial charge in [0.15, 0.2) is 0 Å². The van der Waals surface area contributed by atoms with Crippen LogP contribution in [0.4, 0.5) is 0 Å². The molecule has 0 bridgehead atoms. The lowest BCUT2D eigenvalue weighted by Crippen LogP contribution is -2.16. The maximum Gasteiger partial charge on any atom is 0.0444 e. The van der Waals surface area contributed by atoms with Crippen molar-refractivity contribution in [3.05, 3.63) is 41.7 Å². The van der Waals surface area contributed by atoms with E-state index < -0.39 is 0 Å². The normalized spacial score (nSPS) is 21.9. The largest absolute Gasteiger partial charge is 0.324 e. The second-order valence-electron chi connectivity index (χ2n) is 4.23. The number of aromatic nitrogens is 1.